The van der Waals surface area contributed by atoms with Crippen LogP contribution < -0.4 is 0 Å². The Hall–Kier alpha value is -2.18. The molecule has 1 aromatic rings. The molecule has 0 saturated carbocycles. The van der Waals surface area contributed by atoms with Crippen molar-refractivity contribution >= 4 is 12.1 Å². The molecule has 1 aliphatic heterocycles. The molecule has 1 N–H and O–H groups in total. The number of halogens is 1. The van der Waals surface area contributed by atoms with Crippen molar-refractivity contribution in [3.05, 3.63) is 29.8 Å². The lowest BCUT2D eigenvalue weighted by atomic mass is 9.74. The number of hydrogen-bond acceptors (Lipinski definition) is 4. The van der Waals surface area contributed by atoms with Crippen LogP contribution in [-0.4, -0.2) is 45.7 Å². The fourth-order valence-electron chi connectivity index (χ4n) is 2.85. The monoisotopic (exact) mass is 338 g/mol. The van der Waals surface area contributed by atoms with E-state index in [0.717, 1.165) is 6.20 Å². The Labute approximate surface area is 140 Å². The summed E-state index contributed by atoms with van der Waals surface area (Å²) in [6.07, 6.45) is 2.90. The van der Waals surface area contributed by atoms with E-state index < -0.39 is 28.9 Å². The number of carbonyl (C=O) groups excluding carboxylic acids is 1. The summed E-state index contributed by atoms with van der Waals surface area (Å²) >= 11 is 0. The maximum absolute atomic E-state index is 13.3. The first-order valence-corrected chi connectivity index (χ1v) is 7.92. The topological polar surface area (TPSA) is 79.7 Å². The quantitative estimate of drug-likeness (QED) is 0.917. The van der Waals surface area contributed by atoms with Crippen molar-refractivity contribution in [3.63, 3.8) is 0 Å². The summed E-state index contributed by atoms with van der Waals surface area (Å²) in [5, 5.41) is 9.68. The third-order valence-electron chi connectivity index (χ3n) is 4.13. The third-order valence-corrected chi connectivity index (χ3v) is 4.13. The van der Waals surface area contributed by atoms with Gasteiger partial charge in [0.1, 0.15) is 11.4 Å². The van der Waals surface area contributed by atoms with Crippen LogP contribution in [0.3, 0.4) is 0 Å². The van der Waals surface area contributed by atoms with Gasteiger partial charge in [0.25, 0.3) is 0 Å². The first-order valence-electron chi connectivity index (χ1n) is 7.92. The average Bonchev–Trinajstić information content (AvgIpc) is 2.46. The van der Waals surface area contributed by atoms with E-state index in [1.165, 1.54) is 17.2 Å². The van der Waals surface area contributed by atoms with E-state index in [2.05, 4.69) is 4.98 Å². The minimum absolute atomic E-state index is 0.190. The molecular weight excluding hydrogens is 315 g/mol. The Morgan fingerprint density at radius 3 is 2.46 bits per heavy atom. The van der Waals surface area contributed by atoms with Gasteiger partial charge in [0.05, 0.1) is 11.6 Å². The summed E-state index contributed by atoms with van der Waals surface area (Å²) in [6, 6.07) is 1.30. The molecule has 1 aliphatic rings. The van der Waals surface area contributed by atoms with Crippen molar-refractivity contribution in [2.75, 3.05) is 13.1 Å². The second-order valence-electron chi connectivity index (χ2n) is 7.24. The van der Waals surface area contributed by atoms with Crippen molar-refractivity contribution in [3.8, 4) is 0 Å². The van der Waals surface area contributed by atoms with Gasteiger partial charge >= 0.3 is 12.1 Å². The number of aliphatic carboxylic acids is 1. The molecule has 0 unspecified atom stereocenters. The number of rotatable bonds is 3. The number of nitrogens with zero attached hydrogens (tertiary/aromatic N) is 2. The zero-order chi connectivity index (χ0) is 18.0. The molecule has 0 radical (unpaired) electrons. The molecule has 1 saturated heterocycles. The number of hydrogen-bond donors (Lipinski definition) is 1. The van der Waals surface area contributed by atoms with Crippen molar-refractivity contribution in [2.24, 2.45) is 5.41 Å². The highest BCUT2D eigenvalue weighted by atomic mass is 19.1. The zero-order valence-electron chi connectivity index (χ0n) is 14.2. The number of carbonyl (C=O) groups is 2. The summed E-state index contributed by atoms with van der Waals surface area (Å²) in [6.45, 7) is 5.95. The third kappa shape index (κ3) is 4.43. The summed E-state index contributed by atoms with van der Waals surface area (Å²) in [5.41, 5.74) is -1.07. The Bertz CT molecular complexity index is 619. The minimum Gasteiger partial charge on any atom is -0.481 e. The second kappa shape index (κ2) is 6.75. The van der Waals surface area contributed by atoms with Crippen molar-refractivity contribution < 1.29 is 23.8 Å². The fourth-order valence-corrected chi connectivity index (χ4v) is 2.85. The molecule has 0 spiro atoms. The van der Waals surface area contributed by atoms with Gasteiger partial charge < -0.3 is 14.7 Å². The number of carboxylic acids is 1. The molecule has 7 heteroatoms. The first kappa shape index (κ1) is 18.2. The Kier molecular flexibility index (Phi) is 5.11. The van der Waals surface area contributed by atoms with Crippen LogP contribution >= 0.6 is 0 Å². The molecule has 1 aromatic heterocycles. The molecule has 1 amide bonds. The summed E-state index contributed by atoms with van der Waals surface area (Å²) in [4.78, 5) is 29.2. The highest BCUT2D eigenvalue weighted by Crippen LogP contribution is 2.36. The van der Waals surface area contributed by atoms with Crippen LogP contribution in [0.15, 0.2) is 18.5 Å². The van der Waals surface area contributed by atoms with Crippen LogP contribution in [0.4, 0.5) is 9.18 Å². The van der Waals surface area contributed by atoms with E-state index >= 15 is 0 Å². The smallest absolute Gasteiger partial charge is 0.410 e. The normalized spacial score (nSPS) is 17.4. The van der Waals surface area contributed by atoms with Gasteiger partial charge in [0.15, 0.2) is 0 Å². The molecular formula is C17H23FN2O4. The van der Waals surface area contributed by atoms with Gasteiger partial charge in [-0.25, -0.2) is 9.18 Å². The van der Waals surface area contributed by atoms with E-state index in [1.54, 1.807) is 20.8 Å². The number of likely N-dealkylation sites (tertiary alicyclic amines) is 1. The molecule has 0 bridgehead atoms. The van der Waals surface area contributed by atoms with Gasteiger partial charge in [0, 0.05) is 19.3 Å². The molecule has 6 nitrogen and oxygen atoms in total. The minimum atomic E-state index is -1.02. The number of aromatic nitrogens is 1. The lowest BCUT2D eigenvalue weighted by Gasteiger charge is -2.39. The van der Waals surface area contributed by atoms with Gasteiger partial charge in [-0.15, -0.1) is 0 Å². The second-order valence-corrected chi connectivity index (χ2v) is 7.24. The number of carboxylic acid groups (broad SMARTS) is 1. The summed E-state index contributed by atoms with van der Waals surface area (Å²) < 4.78 is 18.6. The molecule has 0 aliphatic carbocycles. The van der Waals surface area contributed by atoms with Crippen molar-refractivity contribution in [1.29, 1.82) is 0 Å². The summed E-state index contributed by atoms with van der Waals surface area (Å²) in [7, 11) is 0. The van der Waals surface area contributed by atoms with Crippen LogP contribution in [0.5, 0.6) is 0 Å². The van der Waals surface area contributed by atoms with E-state index in [4.69, 9.17) is 4.74 Å². The Morgan fingerprint density at radius 2 is 1.96 bits per heavy atom. The Morgan fingerprint density at radius 1 is 1.33 bits per heavy atom. The van der Waals surface area contributed by atoms with Gasteiger partial charge in [-0.2, -0.15) is 0 Å². The maximum atomic E-state index is 13.3. The predicted octanol–water partition coefficient (Wildman–Crippen LogP) is 2.87. The average molecular weight is 338 g/mol. The molecule has 2 rings (SSSR count). The highest BCUT2D eigenvalue weighted by molar-refractivity contribution is 5.76. The predicted molar refractivity (Wildman–Crippen MR) is 85.0 cm³/mol. The van der Waals surface area contributed by atoms with Gasteiger partial charge in [-0.05, 0) is 51.7 Å². The van der Waals surface area contributed by atoms with Gasteiger partial charge in [0.2, 0.25) is 0 Å². The Balaban J connectivity index is 2.06. The van der Waals surface area contributed by atoms with Crippen LogP contribution in [0.25, 0.3) is 0 Å². The molecule has 1 fully saturated rings. The maximum Gasteiger partial charge on any atom is 0.410 e. The SMILES string of the molecule is CC(C)(C)OC(=O)N1CCC(Cc2cncc(F)c2)(C(=O)O)CC1. The summed E-state index contributed by atoms with van der Waals surface area (Å²) in [5.74, 6) is -1.42. The van der Waals surface area contributed by atoms with Crippen LogP contribution in [0.2, 0.25) is 0 Å². The van der Waals surface area contributed by atoms with Gasteiger partial charge in [-0.3, -0.25) is 9.78 Å². The van der Waals surface area contributed by atoms with Crippen LogP contribution in [-0.2, 0) is 16.0 Å². The lowest BCUT2D eigenvalue weighted by molar-refractivity contribution is -0.152. The van der Waals surface area contributed by atoms with Crippen LogP contribution in [0, 0.1) is 11.2 Å². The van der Waals surface area contributed by atoms with E-state index in [-0.39, 0.29) is 19.3 Å². The highest BCUT2D eigenvalue weighted by Gasteiger charge is 2.43. The number of pyridine rings is 1. The number of piperidine rings is 1. The molecule has 0 atom stereocenters. The fraction of sp³-hybridized carbons (Fsp3) is 0.588. The largest absolute Gasteiger partial charge is 0.481 e. The van der Waals surface area contributed by atoms with Crippen molar-refractivity contribution in [1.82, 2.24) is 9.88 Å². The van der Waals surface area contributed by atoms with Crippen molar-refractivity contribution in [2.45, 2.75) is 45.6 Å². The van der Waals surface area contributed by atoms with Gasteiger partial charge in [-0.1, -0.05) is 0 Å². The molecule has 132 valence electrons. The standard InChI is InChI=1S/C17H23FN2O4/c1-16(2,3)24-15(23)20-6-4-17(5-7-20,14(21)22)9-12-8-13(18)11-19-10-12/h8,10-11H,4-7,9H2,1-3H3,(H,21,22). The molecule has 2 heterocycles. The lowest BCUT2D eigenvalue weighted by Crippen LogP contribution is -2.48. The van der Waals surface area contributed by atoms with Crippen LogP contribution in [0.1, 0.15) is 39.2 Å². The molecule has 0 aromatic carbocycles. The van der Waals surface area contributed by atoms with E-state index in [9.17, 15) is 19.1 Å². The number of amides is 1. The molecule has 24 heavy (non-hydrogen) atoms. The van der Waals surface area contributed by atoms with E-state index in [0.29, 0.717) is 18.7 Å². The first-order chi connectivity index (χ1) is 11.1. The zero-order valence-corrected chi connectivity index (χ0v) is 14.2. The van der Waals surface area contributed by atoms with E-state index in [1.807, 2.05) is 0 Å². The number of ether oxygens (including phenoxy) is 1.